The molecule has 2 rings (SSSR count). The van der Waals surface area contributed by atoms with Crippen molar-refractivity contribution in [3.05, 3.63) is 59.7 Å². The zero-order valence-electron chi connectivity index (χ0n) is 10.6. The van der Waals surface area contributed by atoms with Gasteiger partial charge in [0.1, 0.15) is 11.8 Å². The second-order valence-electron chi connectivity index (χ2n) is 4.07. The van der Waals surface area contributed by atoms with Gasteiger partial charge in [-0.3, -0.25) is 0 Å². The zero-order chi connectivity index (χ0) is 14.4. The van der Waals surface area contributed by atoms with Crippen molar-refractivity contribution in [2.45, 2.75) is 6.54 Å². The van der Waals surface area contributed by atoms with Gasteiger partial charge in [0.25, 0.3) is 0 Å². The van der Waals surface area contributed by atoms with Gasteiger partial charge in [-0.15, -0.1) is 0 Å². The molecule has 3 nitrogen and oxygen atoms in total. The molecule has 0 aromatic heterocycles. The maximum atomic E-state index is 13.0. The summed E-state index contributed by atoms with van der Waals surface area (Å²) >= 11 is 0. The molecule has 0 aliphatic heterocycles. The Morgan fingerprint density at radius 2 is 1.80 bits per heavy atom. The Kier molecular flexibility index (Phi) is 4.51. The Morgan fingerprint density at radius 1 is 1.05 bits per heavy atom. The number of nitriles is 1. The lowest BCUT2D eigenvalue weighted by atomic mass is 10.2. The predicted molar refractivity (Wildman–Crippen MR) is 71.2 cm³/mol. The van der Waals surface area contributed by atoms with E-state index in [0.717, 1.165) is 17.8 Å². The lowest BCUT2D eigenvalue weighted by molar-refractivity contribution is 0.368. The van der Waals surface area contributed by atoms with E-state index in [1.165, 1.54) is 6.07 Å². The lowest BCUT2D eigenvalue weighted by Crippen LogP contribution is -2.00. The summed E-state index contributed by atoms with van der Waals surface area (Å²) in [5.41, 5.74) is 1.47. The highest BCUT2D eigenvalue weighted by molar-refractivity contribution is 5.46. The minimum Gasteiger partial charge on any atom is -0.479 e. The van der Waals surface area contributed by atoms with Crippen molar-refractivity contribution < 1.29 is 13.5 Å². The normalized spacial score (nSPS) is 9.85. The first-order chi connectivity index (χ1) is 9.69. The monoisotopic (exact) mass is 274 g/mol. The largest absolute Gasteiger partial charge is 0.479 e. The van der Waals surface area contributed by atoms with Gasteiger partial charge in [0, 0.05) is 12.2 Å². The minimum atomic E-state index is -0.857. The van der Waals surface area contributed by atoms with Crippen LogP contribution in [0.3, 0.4) is 0 Å². The Hall–Kier alpha value is -2.61. The van der Waals surface area contributed by atoms with E-state index in [1.807, 2.05) is 6.07 Å². The molecule has 0 atom stereocenters. The second-order valence-corrected chi connectivity index (χ2v) is 4.07. The van der Waals surface area contributed by atoms with Gasteiger partial charge >= 0.3 is 0 Å². The van der Waals surface area contributed by atoms with Crippen molar-refractivity contribution in [2.75, 3.05) is 11.9 Å². The highest BCUT2D eigenvalue weighted by Crippen LogP contribution is 2.17. The molecule has 0 spiro atoms. The minimum absolute atomic E-state index is 0.00162. The summed E-state index contributed by atoms with van der Waals surface area (Å²) in [5, 5.41) is 11.5. The van der Waals surface area contributed by atoms with Crippen LogP contribution in [0.15, 0.2) is 42.5 Å². The number of ether oxygens (including phenoxy) is 1. The molecule has 0 radical (unpaired) electrons. The Morgan fingerprint density at radius 3 is 2.45 bits per heavy atom. The summed E-state index contributed by atoms with van der Waals surface area (Å²) in [4.78, 5) is 0. The quantitative estimate of drug-likeness (QED) is 0.907. The van der Waals surface area contributed by atoms with Crippen LogP contribution in [-0.2, 0) is 6.54 Å². The molecule has 2 aromatic rings. The van der Waals surface area contributed by atoms with Crippen molar-refractivity contribution in [2.24, 2.45) is 0 Å². The molecule has 0 bridgehead atoms. The van der Waals surface area contributed by atoms with Crippen molar-refractivity contribution in [3.8, 4) is 11.8 Å². The van der Waals surface area contributed by atoms with Crippen molar-refractivity contribution in [3.63, 3.8) is 0 Å². The van der Waals surface area contributed by atoms with E-state index in [-0.39, 0.29) is 6.61 Å². The number of halogens is 2. The van der Waals surface area contributed by atoms with E-state index in [1.54, 1.807) is 24.3 Å². The summed E-state index contributed by atoms with van der Waals surface area (Å²) < 4.78 is 30.9. The Labute approximate surface area is 115 Å². The van der Waals surface area contributed by atoms with Crippen LogP contribution in [0, 0.1) is 23.0 Å². The van der Waals surface area contributed by atoms with Crippen molar-refractivity contribution >= 4 is 5.69 Å². The number of anilines is 1. The van der Waals surface area contributed by atoms with E-state index in [0.29, 0.717) is 17.9 Å². The molecule has 0 amide bonds. The van der Waals surface area contributed by atoms with Crippen LogP contribution in [0.2, 0.25) is 0 Å². The maximum Gasteiger partial charge on any atom is 0.174 e. The molecule has 0 unspecified atom stereocenters. The predicted octanol–water partition coefficient (Wildman–Crippen LogP) is 3.48. The molecular weight excluding hydrogens is 262 g/mol. The van der Waals surface area contributed by atoms with Gasteiger partial charge in [-0.1, -0.05) is 6.07 Å². The van der Waals surface area contributed by atoms with Gasteiger partial charge in [-0.2, -0.15) is 5.26 Å². The molecule has 0 aliphatic carbocycles. The van der Waals surface area contributed by atoms with E-state index >= 15 is 0 Å². The van der Waals surface area contributed by atoms with Crippen LogP contribution in [0.25, 0.3) is 0 Å². The third-order valence-corrected chi connectivity index (χ3v) is 2.64. The maximum absolute atomic E-state index is 13.0. The summed E-state index contributed by atoms with van der Waals surface area (Å²) in [6.45, 7) is 0.386. The van der Waals surface area contributed by atoms with E-state index < -0.39 is 11.6 Å². The zero-order valence-corrected chi connectivity index (χ0v) is 10.6. The van der Waals surface area contributed by atoms with Gasteiger partial charge in [-0.25, -0.2) is 8.78 Å². The molecule has 0 saturated heterocycles. The van der Waals surface area contributed by atoms with Gasteiger partial charge in [0.05, 0.1) is 0 Å². The lowest BCUT2D eigenvalue weighted by Gasteiger charge is -2.08. The summed E-state index contributed by atoms with van der Waals surface area (Å²) in [7, 11) is 0. The highest BCUT2D eigenvalue weighted by atomic mass is 19.2. The summed E-state index contributed by atoms with van der Waals surface area (Å²) in [6.07, 6.45) is 0. The molecule has 0 aliphatic rings. The van der Waals surface area contributed by atoms with Crippen LogP contribution in [0.1, 0.15) is 5.56 Å². The van der Waals surface area contributed by atoms with Gasteiger partial charge in [-0.05, 0) is 42.0 Å². The van der Waals surface area contributed by atoms with Crippen molar-refractivity contribution in [1.82, 2.24) is 0 Å². The number of rotatable bonds is 5. The molecule has 1 N–H and O–H groups in total. The molecule has 0 heterocycles. The summed E-state index contributed by atoms with van der Waals surface area (Å²) in [6, 6.07) is 12.7. The smallest absolute Gasteiger partial charge is 0.174 e. The third kappa shape index (κ3) is 3.69. The van der Waals surface area contributed by atoms with E-state index in [2.05, 4.69) is 5.32 Å². The van der Waals surface area contributed by atoms with E-state index in [4.69, 9.17) is 10.00 Å². The fourth-order valence-corrected chi connectivity index (χ4v) is 1.64. The molecule has 0 fully saturated rings. The number of nitrogens with one attached hydrogen (secondary N) is 1. The number of nitrogens with zero attached hydrogens (tertiary/aromatic N) is 1. The number of benzene rings is 2. The van der Waals surface area contributed by atoms with Crippen LogP contribution in [-0.4, -0.2) is 6.61 Å². The number of hydrogen-bond donors (Lipinski definition) is 1. The van der Waals surface area contributed by atoms with E-state index in [9.17, 15) is 8.78 Å². The van der Waals surface area contributed by atoms with Crippen molar-refractivity contribution in [1.29, 1.82) is 5.26 Å². The fraction of sp³-hybridized carbons (Fsp3) is 0.133. The fourth-order valence-electron chi connectivity index (χ4n) is 1.64. The van der Waals surface area contributed by atoms with Gasteiger partial charge in [0.15, 0.2) is 18.2 Å². The molecule has 0 saturated carbocycles. The molecule has 20 heavy (non-hydrogen) atoms. The van der Waals surface area contributed by atoms with Crippen LogP contribution in [0.4, 0.5) is 14.5 Å². The molecular formula is C15H12F2N2O. The first-order valence-corrected chi connectivity index (χ1v) is 5.96. The highest BCUT2D eigenvalue weighted by Gasteiger charge is 2.02. The first-order valence-electron chi connectivity index (χ1n) is 5.96. The average molecular weight is 274 g/mol. The Bertz CT molecular complexity index is 621. The topological polar surface area (TPSA) is 45.0 Å². The average Bonchev–Trinajstić information content (AvgIpc) is 2.47. The molecule has 2 aromatic carbocycles. The second kappa shape index (κ2) is 6.53. The molecule has 5 heteroatoms. The SMILES string of the molecule is N#CCOc1ccc(NCc2ccc(F)c(F)c2)cc1. The van der Waals surface area contributed by atoms with Crippen LogP contribution < -0.4 is 10.1 Å². The molecule has 102 valence electrons. The van der Waals surface area contributed by atoms with Crippen LogP contribution in [0.5, 0.6) is 5.75 Å². The van der Waals surface area contributed by atoms with Gasteiger partial charge in [0.2, 0.25) is 0 Å². The number of hydrogen-bond acceptors (Lipinski definition) is 3. The standard InChI is InChI=1S/C15H12F2N2O/c16-14-6-1-11(9-15(14)17)10-19-12-2-4-13(5-3-12)20-8-7-18/h1-6,9,19H,8,10H2. The summed E-state index contributed by atoms with van der Waals surface area (Å²) in [5.74, 6) is -1.11. The van der Waals surface area contributed by atoms with Crippen LogP contribution >= 0.6 is 0 Å². The third-order valence-electron chi connectivity index (χ3n) is 2.64. The van der Waals surface area contributed by atoms with Gasteiger partial charge < -0.3 is 10.1 Å². The Balaban J connectivity index is 1.93. The first kappa shape index (κ1) is 13.8.